The maximum Gasteiger partial charge on any atom is 0.257 e. The van der Waals surface area contributed by atoms with Gasteiger partial charge in [-0.05, 0) is 61.6 Å². The molecule has 1 N–H and O–H groups in total. The maximum atomic E-state index is 12.2. The van der Waals surface area contributed by atoms with Crippen LogP contribution in [0.25, 0.3) is 0 Å². The number of pyridine rings is 1. The zero-order valence-electron chi connectivity index (χ0n) is 15.2. The van der Waals surface area contributed by atoms with Crippen LogP contribution >= 0.6 is 11.8 Å². The van der Waals surface area contributed by atoms with E-state index in [2.05, 4.69) is 16.4 Å². The van der Waals surface area contributed by atoms with Crippen molar-refractivity contribution in [3.05, 3.63) is 52.2 Å². The molecular formula is C20H19N3O3S. The van der Waals surface area contributed by atoms with E-state index in [1.165, 1.54) is 11.8 Å². The highest BCUT2D eigenvalue weighted by Crippen LogP contribution is 2.31. The monoisotopic (exact) mass is 381 g/mol. The molecule has 0 saturated heterocycles. The maximum absolute atomic E-state index is 12.2. The van der Waals surface area contributed by atoms with E-state index in [9.17, 15) is 14.9 Å². The Balaban J connectivity index is 1.65. The molecule has 138 valence electrons. The highest BCUT2D eigenvalue weighted by Gasteiger charge is 2.21. The Morgan fingerprint density at radius 1 is 1.30 bits per heavy atom. The number of benzene rings is 1. The van der Waals surface area contributed by atoms with Gasteiger partial charge in [0, 0.05) is 11.3 Å². The van der Waals surface area contributed by atoms with Gasteiger partial charge in [0.05, 0.1) is 18.4 Å². The number of aryl methyl sites for hydroxylation is 1. The minimum Gasteiger partial charge on any atom is -0.497 e. The van der Waals surface area contributed by atoms with Crippen LogP contribution in [0.4, 0.5) is 0 Å². The molecule has 1 aliphatic rings. The molecule has 3 rings (SSSR count). The van der Waals surface area contributed by atoms with E-state index in [0.29, 0.717) is 21.9 Å². The predicted molar refractivity (Wildman–Crippen MR) is 102 cm³/mol. The quantitative estimate of drug-likeness (QED) is 0.801. The molecule has 1 aliphatic carbocycles. The third-order valence-corrected chi connectivity index (χ3v) is 5.50. The van der Waals surface area contributed by atoms with Crippen molar-refractivity contribution in [1.29, 1.82) is 5.26 Å². The summed E-state index contributed by atoms with van der Waals surface area (Å²) in [4.78, 5) is 28.9. The Bertz CT molecular complexity index is 933. The van der Waals surface area contributed by atoms with Gasteiger partial charge in [-0.15, -0.1) is 0 Å². The van der Waals surface area contributed by atoms with Crippen LogP contribution in [-0.2, 0) is 17.6 Å². The highest BCUT2D eigenvalue weighted by molar-refractivity contribution is 8.00. The number of ether oxygens (including phenoxy) is 1. The minimum atomic E-state index is -0.471. The van der Waals surface area contributed by atoms with Crippen LogP contribution in [0.5, 0.6) is 5.75 Å². The SMILES string of the molecule is COc1ccc(C(=O)NC(=O)CSc2nc3c(c(C)c2C#N)CCC3)cc1. The Labute approximate surface area is 161 Å². The number of nitrogens with one attached hydrogen (secondary N) is 1. The van der Waals surface area contributed by atoms with E-state index in [4.69, 9.17) is 4.74 Å². The summed E-state index contributed by atoms with van der Waals surface area (Å²) in [5.74, 6) is -0.246. The Kier molecular flexibility index (Phi) is 5.77. The number of rotatable bonds is 5. The van der Waals surface area contributed by atoms with Crippen molar-refractivity contribution in [1.82, 2.24) is 10.3 Å². The summed E-state index contributed by atoms with van der Waals surface area (Å²) >= 11 is 1.19. The number of amides is 2. The van der Waals surface area contributed by atoms with Crippen LogP contribution in [0, 0.1) is 18.3 Å². The van der Waals surface area contributed by atoms with Gasteiger partial charge >= 0.3 is 0 Å². The number of fused-ring (bicyclic) bond motifs is 1. The van der Waals surface area contributed by atoms with Gasteiger partial charge < -0.3 is 4.74 Å². The molecule has 1 aromatic heterocycles. The van der Waals surface area contributed by atoms with Crippen LogP contribution in [-0.4, -0.2) is 29.7 Å². The summed E-state index contributed by atoms with van der Waals surface area (Å²) in [7, 11) is 1.54. The van der Waals surface area contributed by atoms with Gasteiger partial charge in [-0.3, -0.25) is 14.9 Å². The van der Waals surface area contributed by atoms with Crippen molar-refractivity contribution in [2.75, 3.05) is 12.9 Å². The summed E-state index contributed by atoms with van der Waals surface area (Å²) < 4.78 is 5.05. The second-order valence-corrected chi connectivity index (χ2v) is 7.17. The lowest BCUT2D eigenvalue weighted by molar-refractivity contribution is -0.117. The van der Waals surface area contributed by atoms with Gasteiger partial charge in [0.2, 0.25) is 5.91 Å². The predicted octanol–water partition coefficient (Wildman–Crippen LogP) is 2.81. The Morgan fingerprint density at radius 3 is 2.70 bits per heavy atom. The summed E-state index contributed by atoms with van der Waals surface area (Å²) in [6.45, 7) is 1.93. The van der Waals surface area contributed by atoms with Crippen molar-refractivity contribution in [2.24, 2.45) is 0 Å². The second-order valence-electron chi connectivity index (χ2n) is 6.20. The van der Waals surface area contributed by atoms with E-state index in [0.717, 1.165) is 36.1 Å². The molecule has 2 aromatic rings. The lowest BCUT2D eigenvalue weighted by Gasteiger charge is -2.11. The molecule has 0 fully saturated rings. The standard InChI is InChI=1S/C20H19N3O3S/c1-12-15-4-3-5-17(15)22-20(16(12)10-21)27-11-18(24)23-19(25)13-6-8-14(26-2)9-7-13/h6-9H,3-5,11H2,1-2H3,(H,23,24,25). The van der Waals surface area contributed by atoms with E-state index < -0.39 is 11.8 Å². The van der Waals surface area contributed by atoms with Gasteiger partial charge in [0.15, 0.2) is 0 Å². The van der Waals surface area contributed by atoms with Crippen LogP contribution in [0.15, 0.2) is 29.3 Å². The third kappa shape index (κ3) is 4.12. The molecule has 1 heterocycles. The van der Waals surface area contributed by atoms with E-state index in [1.54, 1.807) is 31.4 Å². The smallest absolute Gasteiger partial charge is 0.257 e. The summed E-state index contributed by atoms with van der Waals surface area (Å²) in [6.07, 6.45) is 2.89. The average Bonchev–Trinajstić information content (AvgIpc) is 3.15. The van der Waals surface area contributed by atoms with E-state index >= 15 is 0 Å². The van der Waals surface area contributed by atoms with E-state index in [-0.39, 0.29) is 5.75 Å². The second kappa shape index (κ2) is 8.23. The van der Waals surface area contributed by atoms with Crippen molar-refractivity contribution in [3.63, 3.8) is 0 Å². The fourth-order valence-electron chi connectivity index (χ4n) is 3.09. The van der Waals surface area contributed by atoms with Gasteiger partial charge in [0.25, 0.3) is 5.91 Å². The number of nitriles is 1. The third-order valence-electron chi connectivity index (χ3n) is 4.52. The molecule has 6 nitrogen and oxygen atoms in total. The first-order valence-electron chi connectivity index (χ1n) is 8.57. The summed E-state index contributed by atoms with van der Waals surface area (Å²) in [6, 6.07) is 8.70. The van der Waals surface area contributed by atoms with Crippen LogP contribution in [0.1, 0.15) is 39.2 Å². The summed E-state index contributed by atoms with van der Waals surface area (Å²) in [5.41, 5.74) is 4.03. The fraction of sp³-hybridized carbons (Fsp3) is 0.300. The zero-order chi connectivity index (χ0) is 19.4. The number of methoxy groups -OCH3 is 1. The molecule has 27 heavy (non-hydrogen) atoms. The number of aromatic nitrogens is 1. The van der Waals surface area contributed by atoms with Gasteiger partial charge in [-0.25, -0.2) is 4.98 Å². The first kappa shape index (κ1) is 18.9. The van der Waals surface area contributed by atoms with Crippen molar-refractivity contribution < 1.29 is 14.3 Å². The van der Waals surface area contributed by atoms with Crippen LogP contribution in [0.3, 0.4) is 0 Å². The molecule has 2 amide bonds. The molecule has 0 unspecified atom stereocenters. The van der Waals surface area contributed by atoms with Gasteiger partial charge in [-0.1, -0.05) is 11.8 Å². The normalized spacial score (nSPS) is 12.2. The molecule has 0 atom stereocenters. The molecule has 0 radical (unpaired) electrons. The van der Waals surface area contributed by atoms with E-state index in [1.807, 2.05) is 6.92 Å². The number of thioether (sulfide) groups is 1. The molecule has 0 spiro atoms. The molecular weight excluding hydrogens is 362 g/mol. The van der Waals surface area contributed by atoms with Crippen molar-refractivity contribution in [2.45, 2.75) is 31.2 Å². The zero-order valence-corrected chi connectivity index (χ0v) is 16.0. The molecule has 0 bridgehead atoms. The lowest BCUT2D eigenvalue weighted by atomic mass is 10.0. The lowest BCUT2D eigenvalue weighted by Crippen LogP contribution is -2.31. The van der Waals surface area contributed by atoms with Crippen molar-refractivity contribution >= 4 is 23.6 Å². The number of carbonyl (C=O) groups is 2. The Hall–Kier alpha value is -2.85. The topological polar surface area (TPSA) is 92.1 Å². The number of hydrogen-bond donors (Lipinski definition) is 1. The molecule has 0 aliphatic heterocycles. The minimum absolute atomic E-state index is 0.0157. The summed E-state index contributed by atoms with van der Waals surface area (Å²) in [5, 5.41) is 12.4. The Morgan fingerprint density at radius 2 is 2.04 bits per heavy atom. The first-order chi connectivity index (χ1) is 13.0. The van der Waals surface area contributed by atoms with Gasteiger partial charge in [0.1, 0.15) is 16.8 Å². The largest absolute Gasteiger partial charge is 0.497 e. The fourth-order valence-corrected chi connectivity index (χ4v) is 3.95. The number of hydrogen-bond acceptors (Lipinski definition) is 6. The number of imide groups is 1. The highest BCUT2D eigenvalue weighted by atomic mass is 32.2. The molecule has 7 heteroatoms. The van der Waals surface area contributed by atoms with Crippen LogP contribution < -0.4 is 10.1 Å². The van der Waals surface area contributed by atoms with Gasteiger partial charge in [-0.2, -0.15) is 5.26 Å². The molecule has 0 saturated carbocycles. The molecule has 1 aromatic carbocycles. The average molecular weight is 381 g/mol. The first-order valence-corrected chi connectivity index (χ1v) is 9.55. The van der Waals surface area contributed by atoms with Crippen molar-refractivity contribution in [3.8, 4) is 11.8 Å². The number of nitrogens with zero attached hydrogens (tertiary/aromatic N) is 2. The number of carbonyl (C=O) groups excluding carboxylic acids is 2. The van der Waals surface area contributed by atoms with Crippen LogP contribution in [0.2, 0.25) is 0 Å².